The summed E-state index contributed by atoms with van der Waals surface area (Å²) in [4.78, 5) is 24.4. The van der Waals surface area contributed by atoms with Gasteiger partial charge < -0.3 is 30.0 Å². The number of benzene rings is 1. The summed E-state index contributed by atoms with van der Waals surface area (Å²) in [5.74, 6) is 0.716. The second kappa shape index (κ2) is 6.99. The Hall–Kier alpha value is -2.48. The number of ketones is 1. The van der Waals surface area contributed by atoms with Gasteiger partial charge in [0, 0.05) is 43.9 Å². The van der Waals surface area contributed by atoms with Crippen LogP contribution < -0.4 is 15.2 Å². The van der Waals surface area contributed by atoms with Crippen molar-refractivity contribution >= 4 is 17.6 Å². The third-order valence-corrected chi connectivity index (χ3v) is 3.29. The lowest BCUT2D eigenvalue weighted by Crippen LogP contribution is -2.34. The van der Waals surface area contributed by atoms with Crippen molar-refractivity contribution < 1.29 is 28.9 Å². The van der Waals surface area contributed by atoms with Gasteiger partial charge in [-0.3, -0.25) is 4.79 Å². The molecule has 1 heterocycles. The molecule has 0 aliphatic carbocycles. The number of methoxy groups -OCH3 is 1. The molecule has 0 saturated heterocycles. The standard InChI is InChI=1S/C14H18N2O6/c1-20-5-4-16(14(18)19)3-2-11(17)9-6-12-13(7-10(9)15)22-8-21-12/h6-7H,2-5,8,15H2,1H3,(H,18,19). The molecule has 8 heteroatoms. The minimum Gasteiger partial charge on any atom is -0.465 e. The van der Waals surface area contributed by atoms with E-state index in [-0.39, 0.29) is 44.4 Å². The molecule has 0 radical (unpaired) electrons. The summed E-state index contributed by atoms with van der Waals surface area (Å²) in [6.45, 7) is 0.643. The number of carbonyl (C=O) groups is 2. The van der Waals surface area contributed by atoms with E-state index in [2.05, 4.69) is 0 Å². The van der Waals surface area contributed by atoms with Crippen LogP contribution in [0.1, 0.15) is 16.8 Å². The number of amides is 1. The van der Waals surface area contributed by atoms with Gasteiger partial charge in [0.15, 0.2) is 17.3 Å². The van der Waals surface area contributed by atoms with Crippen molar-refractivity contribution in [3.8, 4) is 11.5 Å². The predicted molar refractivity (Wildman–Crippen MR) is 77.4 cm³/mol. The van der Waals surface area contributed by atoms with Crippen LogP contribution in [0.2, 0.25) is 0 Å². The van der Waals surface area contributed by atoms with Crippen molar-refractivity contribution in [3.05, 3.63) is 17.7 Å². The topological polar surface area (TPSA) is 111 Å². The first kappa shape index (κ1) is 15.9. The number of Topliss-reactive ketones (excluding diaryl/α,β-unsaturated/α-hetero) is 1. The van der Waals surface area contributed by atoms with E-state index in [1.165, 1.54) is 19.2 Å². The Morgan fingerprint density at radius 1 is 1.32 bits per heavy atom. The monoisotopic (exact) mass is 310 g/mol. The summed E-state index contributed by atoms with van der Waals surface area (Å²) in [7, 11) is 1.48. The smallest absolute Gasteiger partial charge is 0.407 e. The lowest BCUT2D eigenvalue weighted by Gasteiger charge is -2.18. The van der Waals surface area contributed by atoms with E-state index in [1.807, 2.05) is 0 Å². The summed E-state index contributed by atoms with van der Waals surface area (Å²) >= 11 is 0. The highest BCUT2D eigenvalue weighted by atomic mass is 16.7. The quantitative estimate of drug-likeness (QED) is 0.575. The van der Waals surface area contributed by atoms with Crippen LogP contribution in [0, 0.1) is 0 Å². The zero-order chi connectivity index (χ0) is 16.1. The highest BCUT2D eigenvalue weighted by Crippen LogP contribution is 2.36. The molecule has 0 bridgehead atoms. The van der Waals surface area contributed by atoms with Crippen molar-refractivity contribution in [2.24, 2.45) is 0 Å². The molecule has 22 heavy (non-hydrogen) atoms. The number of rotatable bonds is 7. The average molecular weight is 310 g/mol. The zero-order valence-electron chi connectivity index (χ0n) is 12.2. The first-order valence-electron chi connectivity index (χ1n) is 6.72. The van der Waals surface area contributed by atoms with Gasteiger partial charge in [-0.1, -0.05) is 0 Å². The third kappa shape index (κ3) is 3.59. The van der Waals surface area contributed by atoms with Gasteiger partial charge in [0.25, 0.3) is 0 Å². The summed E-state index contributed by atoms with van der Waals surface area (Å²) in [6.07, 6.45) is -1.07. The van der Waals surface area contributed by atoms with Gasteiger partial charge in [0.1, 0.15) is 0 Å². The Labute approximate surface area is 127 Å². The first-order chi connectivity index (χ1) is 10.5. The van der Waals surface area contributed by atoms with Crippen LogP contribution in [0.15, 0.2) is 12.1 Å². The van der Waals surface area contributed by atoms with Crippen LogP contribution in [-0.2, 0) is 4.74 Å². The lowest BCUT2D eigenvalue weighted by molar-refractivity contribution is 0.0937. The number of ether oxygens (including phenoxy) is 3. The molecule has 0 unspecified atom stereocenters. The molecule has 0 fully saturated rings. The molecule has 2 rings (SSSR count). The fourth-order valence-corrected chi connectivity index (χ4v) is 2.07. The molecule has 1 amide bonds. The van der Waals surface area contributed by atoms with Crippen molar-refractivity contribution in [2.45, 2.75) is 6.42 Å². The largest absolute Gasteiger partial charge is 0.465 e. The Bertz CT molecular complexity index is 575. The maximum Gasteiger partial charge on any atom is 0.407 e. The molecule has 0 spiro atoms. The number of nitrogens with two attached hydrogens (primary N) is 1. The molecule has 0 saturated carbocycles. The third-order valence-electron chi connectivity index (χ3n) is 3.29. The van der Waals surface area contributed by atoms with Crippen LogP contribution in [0.25, 0.3) is 0 Å². The molecule has 1 aromatic carbocycles. The number of anilines is 1. The summed E-state index contributed by atoms with van der Waals surface area (Å²) in [5, 5.41) is 9.06. The molecule has 1 aliphatic heterocycles. The second-order valence-corrected chi connectivity index (χ2v) is 4.73. The van der Waals surface area contributed by atoms with Crippen LogP contribution in [0.3, 0.4) is 0 Å². The number of hydrogen-bond donors (Lipinski definition) is 2. The normalized spacial score (nSPS) is 12.2. The average Bonchev–Trinajstić information content (AvgIpc) is 2.92. The zero-order valence-corrected chi connectivity index (χ0v) is 12.2. The van der Waals surface area contributed by atoms with E-state index >= 15 is 0 Å². The maximum absolute atomic E-state index is 12.2. The van der Waals surface area contributed by atoms with Gasteiger partial charge in [-0.15, -0.1) is 0 Å². The Balaban J connectivity index is 2.01. The number of carbonyl (C=O) groups excluding carboxylic acids is 1. The fraction of sp³-hybridized carbons (Fsp3) is 0.429. The number of carboxylic acid groups (broad SMARTS) is 1. The minimum atomic E-state index is -1.09. The van der Waals surface area contributed by atoms with Crippen molar-refractivity contribution in [1.29, 1.82) is 0 Å². The maximum atomic E-state index is 12.2. The van der Waals surface area contributed by atoms with E-state index in [0.717, 1.165) is 4.90 Å². The van der Waals surface area contributed by atoms with E-state index in [1.54, 1.807) is 0 Å². The van der Waals surface area contributed by atoms with Gasteiger partial charge in [0.2, 0.25) is 6.79 Å². The van der Waals surface area contributed by atoms with Crippen LogP contribution >= 0.6 is 0 Å². The molecular weight excluding hydrogens is 292 g/mol. The van der Waals surface area contributed by atoms with Crippen LogP contribution in [0.5, 0.6) is 11.5 Å². The van der Waals surface area contributed by atoms with Crippen molar-refractivity contribution in [3.63, 3.8) is 0 Å². The molecule has 0 aromatic heterocycles. The van der Waals surface area contributed by atoms with E-state index < -0.39 is 6.09 Å². The molecule has 1 aromatic rings. The summed E-state index contributed by atoms with van der Waals surface area (Å²) in [5.41, 5.74) is 6.43. The number of nitrogens with zero attached hydrogens (tertiary/aromatic N) is 1. The Kier molecular flexibility index (Phi) is 5.05. The molecule has 0 atom stereocenters. The van der Waals surface area contributed by atoms with Crippen LogP contribution in [-0.4, -0.2) is 55.5 Å². The molecular formula is C14H18N2O6. The first-order valence-corrected chi connectivity index (χ1v) is 6.72. The van der Waals surface area contributed by atoms with Gasteiger partial charge in [-0.2, -0.15) is 0 Å². The fourth-order valence-electron chi connectivity index (χ4n) is 2.07. The highest BCUT2D eigenvalue weighted by molar-refractivity contribution is 6.01. The second-order valence-electron chi connectivity index (χ2n) is 4.73. The summed E-state index contributed by atoms with van der Waals surface area (Å²) < 4.78 is 15.2. The molecule has 1 aliphatic rings. The minimum absolute atomic E-state index is 0.0276. The van der Waals surface area contributed by atoms with Gasteiger partial charge >= 0.3 is 6.09 Å². The summed E-state index contributed by atoms with van der Waals surface area (Å²) in [6, 6.07) is 3.07. The predicted octanol–water partition coefficient (Wildman–Crippen LogP) is 1.20. The van der Waals surface area contributed by atoms with Crippen molar-refractivity contribution in [1.82, 2.24) is 4.90 Å². The van der Waals surface area contributed by atoms with Gasteiger partial charge in [-0.25, -0.2) is 4.79 Å². The van der Waals surface area contributed by atoms with E-state index in [4.69, 9.17) is 25.1 Å². The highest BCUT2D eigenvalue weighted by Gasteiger charge is 2.21. The molecule has 8 nitrogen and oxygen atoms in total. The van der Waals surface area contributed by atoms with Gasteiger partial charge in [0.05, 0.1) is 6.61 Å². The van der Waals surface area contributed by atoms with Crippen LogP contribution in [0.4, 0.5) is 10.5 Å². The SMILES string of the molecule is COCCN(CCC(=O)c1cc2c(cc1N)OCO2)C(=O)O. The number of nitrogen functional groups attached to an aromatic ring is 1. The molecule has 120 valence electrons. The number of fused-ring (bicyclic) bond motifs is 1. The van der Waals surface area contributed by atoms with Crippen molar-refractivity contribution in [2.75, 3.05) is 39.3 Å². The molecule has 3 N–H and O–H groups in total. The number of hydrogen-bond acceptors (Lipinski definition) is 6. The lowest BCUT2D eigenvalue weighted by atomic mass is 10.0. The Morgan fingerprint density at radius 3 is 2.64 bits per heavy atom. The van der Waals surface area contributed by atoms with E-state index in [0.29, 0.717) is 17.1 Å². The van der Waals surface area contributed by atoms with Gasteiger partial charge in [-0.05, 0) is 6.07 Å². The Morgan fingerprint density at radius 2 is 2.00 bits per heavy atom. The van der Waals surface area contributed by atoms with E-state index in [9.17, 15) is 9.59 Å².